The molecule has 22 heavy (non-hydrogen) atoms. The first kappa shape index (κ1) is 17.3. The number of carbonyl (C=O) groups excluding carboxylic acids is 1. The third kappa shape index (κ3) is 4.00. The largest absolute Gasteiger partial charge is 0.373 e. The van der Waals surface area contributed by atoms with Crippen LogP contribution in [0.25, 0.3) is 0 Å². The van der Waals surface area contributed by atoms with E-state index in [1.807, 2.05) is 6.07 Å². The third-order valence-electron chi connectivity index (χ3n) is 4.64. The topological polar surface area (TPSA) is 50.4 Å². The molecule has 2 N–H and O–H groups in total. The van der Waals surface area contributed by atoms with E-state index in [-0.39, 0.29) is 30.5 Å². The van der Waals surface area contributed by atoms with Gasteiger partial charge in [0.05, 0.1) is 19.1 Å². The molecule has 2 aliphatic heterocycles. The summed E-state index contributed by atoms with van der Waals surface area (Å²) >= 11 is 0. The summed E-state index contributed by atoms with van der Waals surface area (Å²) in [4.78, 5) is 12.3. The molecule has 0 saturated carbocycles. The van der Waals surface area contributed by atoms with Crippen molar-refractivity contribution < 1.29 is 9.53 Å². The number of hydrogen-bond donors (Lipinski definition) is 2. The summed E-state index contributed by atoms with van der Waals surface area (Å²) in [5.74, 6) is 0.631. The van der Waals surface area contributed by atoms with Crippen LogP contribution in [0.1, 0.15) is 37.0 Å². The van der Waals surface area contributed by atoms with Gasteiger partial charge in [0.2, 0.25) is 5.91 Å². The van der Waals surface area contributed by atoms with E-state index < -0.39 is 0 Å². The van der Waals surface area contributed by atoms with E-state index in [2.05, 4.69) is 35.8 Å². The number of carbonyl (C=O) groups is 1. The first-order valence-corrected chi connectivity index (χ1v) is 7.93. The number of ether oxygens (including phenoxy) is 1. The Bertz CT molecular complexity index is 509. The minimum absolute atomic E-state index is 0. The van der Waals surface area contributed by atoms with E-state index in [1.54, 1.807) is 0 Å². The van der Waals surface area contributed by atoms with Crippen molar-refractivity contribution in [2.45, 2.75) is 38.3 Å². The van der Waals surface area contributed by atoms with Gasteiger partial charge in [-0.2, -0.15) is 0 Å². The lowest BCUT2D eigenvalue weighted by molar-refractivity contribution is -0.125. The van der Waals surface area contributed by atoms with Crippen molar-refractivity contribution in [2.24, 2.45) is 5.92 Å². The van der Waals surface area contributed by atoms with Crippen molar-refractivity contribution >= 4 is 18.3 Å². The van der Waals surface area contributed by atoms with Crippen molar-refractivity contribution in [3.8, 4) is 0 Å². The van der Waals surface area contributed by atoms with Gasteiger partial charge in [-0.3, -0.25) is 4.79 Å². The van der Waals surface area contributed by atoms with Crippen LogP contribution >= 0.6 is 12.4 Å². The van der Waals surface area contributed by atoms with Gasteiger partial charge >= 0.3 is 0 Å². The van der Waals surface area contributed by atoms with Crippen LogP contribution in [0.4, 0.5) is 0 Å². The molecule has 0 radical (unpaired) electrons. The van der Waals surface area contributed by atoms with Crippen molar-refractivity contribution in [3.05, 3.63) is 35.4 Å². The van der Waals surface area contributed by atoms with Gasteiger partial charge in [0.25, 0.3) is 0 Å². The van der Waals surface area contributed by atoms with E-state index in [0.717, 1.165) is 25.9 Å². The van der Waals surface area contributed by atoms with E-state index in [4.69, 9.17) is 4.74 Å². The van der Waals surface area contributed by atoms with Crippen LogP contribution in [-0.2, 0) is 16.0 Å². The van der Waals surface area contributed by atoms with Crippen molar-refractivity contribution in [3.63, 3.8) is 0 Å². The van der Waals surface area contributed by atoms with Gasteiger partial charge < -0.3 is 15.4 Å². The van der Waals surface area contributed by atoms with Gasteiger partial charge in [-0.1, -0.05) is 31.2 Å². The predicted octanol–water partition coefficient (Wildman–Crippen LogP) is 2.23. The predicted molar refractivity (Wildman–Crippen MR) is 89.3 cm³/mol. The molecule has 2 heterocycles. The minimum atomic E-state index is -0.0956. The fourth-order valence-electron chi connectivity index (χ4n) is 3.26. The molecule has 0 spiro atoms. The highest BCUT2D eigenvalue weighted by atomic mass is 35.5. The molecule has 3 atom stereocenters. The molecule has 1 amide bonds. The summed E-state index contributed by atoms with van der Waals surface area (Å²) in [5.41, 5.74) is 2.49. The summed E-state index contributed by atoms with van der Waals surface area (Å²) < 4.78 is 5.81. The highest BCUT2D eigenvalue weighted by Gasteiger charge is 2.26. The highest BCUT2D eigenvalue weighted by molar-refractivity contribution is 5.85. The number of hydrogen-bond acceptors (Lipinski definition) is 3. The van der Waals surface area contributed by atoms with Gasteiger partial charge in [0.15, 0.2) is 0 Å². The van der Waals surface area contributed by atoms with Gasteiger partial charge in [0.1, 0.15) is 0 Å². The molecule has 3 rings (SSSR count). The Morgan fingerprint density at radius 3 is 3.05 bits per heavy atom. The van der Waals surface area contributed by atoms with Crippen molar-refractivity contribution in [1.29, 1.82) is 0 Å². The number of benzene rings is 1. The molecule has 1 aromatic rings. The Kier molecular flexibility index (Phi) is 6.24. The molecular formula is C17H25ClN2O2. The Morgan fingerprint density at radius 2 is 2.23 bits per heavy atom. The molecule has 0 bridgehead atoms. The SMILES string of the molecule is CC1CCNCC1NC(=O)CC1OCCc2ccccc21.Cl. The lowest BCUT2D eigenvalue weighted by Crippen LogP contribution is -2.50. The molecule has 1 fully saturated rings. The maximum atomic E-state index is 12.3. The van der Waals surface area contributed by atoms with Crippen molar-refractivity contribution in [1.82, 2.24) is 10.6 Å². The normalized spacial score (nSPS) is 27.4. The third-order valence-corrected chi connectivity index (χ3v) is 4.64. The monoisotopic (exact) mass is 324 g/mol. The summed E-state index contributed by atoms with van der Waals surface area (Å²) in [5, 5.41) is 6.51. The van der Waals surface area contributed by atoms with Crippen LogP contribution in [0.2, 0.25) is 0 Å². The molecule has 1 saturated heterocycles. The molecule has 3 unspecified atom stereocenters. The second-order valence-corrected chi connectivity index (χ2v) is 6.16. The first-order valence-electron chi connectivity index (χ1n) is 7.93. The number of amides is 1. The lowest BCUT2D eigenvalue weighted by atomic mass is 9.93. The number of halogens is 1. The van der Waals surface area contributed by atoms with E-state index >= 15 is 0 Å². The molecule has 122 valence electrons. The average Bonchev–Trinajstić information content (AvgIpc) is 2.50. The van der Waals surface area contributed by atoms with Gasteiger partial charge in [0, 0.05) is 12.6 Å². The molecule has 2 aliphatic rings. The van der Waals surface area contributed by atoms with Crippen LogP contribution in [0, 0.1) is 5.92 Å². The number of fused-ring (bicyclic) bond motifs is 1. The van der Waals surface area contributed by atoms with Crippen LogP contribution in [-0.4, -0.2) is 31.6 Å². The lowest BCUT2D eigenvalue weighted by Gasteiger charge is -2.31. The zero-order valence-electron chi connectivity index (χ0n) is 13.0. The van der Waals surface area contributed by atoms with E-state index in [0.29, 0.717) is 18.9 Å². The number of rotatable bonds is 3. The summed E-state index contributed by atoms with van der Waals surface area (Å²) in [6, 6.07) is 8.53. The highest BCUT2D eigenvalue weighted by Crippen LogP contribution is 2.29. The maximum Gasteiger partial charge on any atom is 0.223 e. The maximum absolute atomic E-state index is 12.3. The molecule has 0 aromatic heterocycles. The summed E-state index contributed by atoms with van der Waals surface area (Å²) in [6.07, 6.45) is 2.38. The van der Waals surface area contributed by atoms with Crippen LogP contribution < -0.4 is 10.6 Å². The molecule has 0 aliphatic carbocycles. The molecule has 4 nitrogen and oxygen atoms in total. The van der Waals surface area contributed by atoms with Gasteiger partial charge in [-0.15, -0.1) is 12.4 Å². The molecular weight excluding hydrogens is 300 g/mol. The number of nitrogens with one attached hydrogen (secondary N) is 2. The standard InChI is InChI=1S/C17H24N2O2.ClH/c1-12-6-8-18-11-15(12)19-17(20)10-16-14-5-3-2-4-13(14)7-9-21-16;/h2-5,12,15-16,18H,6-11H2,1H3,(H,19,20);1H. The van der Waals surface area contributed by atoms with E-state index in [1.165, 1.54) is 11.1 Å². The zero-order chi connectivity index (χ0) is 14.7. The van der Waals surface area contributed by atoms with E-state index in [9.17, 15) is 4.79 Å². The van der Waals surface area contributed by atoms with Crippen LogP contribution in [0.15, 0.2) is 24.3 Å². The zero-order valence-corrected chi connectivity index (χ0v) is 13.8. The Balaban J connectivity index is 0.00000176. The second kappa shape index (κ2) is 7.95. The first-order chi connectivity index (χ1) is 10.2. The van der Waals surface area contributed by atoms with Gasteiger partial charge in [-0.25, -0.2) is 0 Å². The fourth-order valence-corrected chi connectivity index (χ4v) is 3.26. The number of piperidine rings is 1. The quantitative estimate of drug-likeness (QED) is 0.896. The fraction of sp³-hybridized carbons (Fsp3) is 0.588. The van der Waals surface area contributed by atoms with Gasteiger partial charge in [-0.05, 0) is 36.4 Å². The van der Waals surface area contributed by atoms with Crippen molar-refractivity contribution in [2.75, 3.05) is 19.7 Å². The Hall–Kier alpha value is -1.10. The second-order valence-electron chi connectivity index (χ2n) is 6.16. The molecule has 5 heteroatoms. The van der Waals surface area contributed by atoms with Crippen LogP contribution in [0.3, 0.4) is 0 Å². The summed E-state index contributed by atoms with van der Waals surface area (Å²) in [7, 11) is 0. The molecule has 1 aromatic carbocycles. The average molecular weight is 325 g/mol. The minimum Gasteiger partial charge on any atom is -0.373 e. The van der Waals surface area contributed by atoms with Crippen LogP contribution in [0.5, 0.6) is 0 Å². The summed E-state index contributed by atoms with van der Waals surface area (Å²) in [6.45, 7) is 4.83. The smallest absolute Gasteiger partial charge is 0.223 e. The Morgan fingerprint density at radius 1 is 1.41 bits per heavy atom. The Labute approximate surface area is 138 Å².